The molecule has 110 valence electrons. The van der Waals surface area contributed by atoms with Crippen molar-refractivity contribution in [3.05, 3.63) is 60.7 Å². The minimum absolute atomic E-state index is 0.0346. The van der Waals surface area contributed by atoms with E-state index in [4.69, 9.17) is 11.6 Å². The van der Waals surface area contributed by atoms with Gasteiger partial charge in [0, 0.05) is 16.5 Å². The smallest absolute Gasteiger partial charge is 0.244 e. The summed E-state index contributed by atoms with van der Waals surface area (Å²) in [5, 5.41) is 2.77. The molecule has 0 bridgehead atoms. The summed E-state index contributed by atoms with van der Waals surface area (Å²) in [6, 6.07) is 17.9. The highest BCUT2D eigenvalue weighted by Crippen LogP contribution is 2.25. The maximum Gasteiger partial charge on any atom is 0.244 e. The summed E-state index contributed by atoms with van der Waals surface area (Å²) in [6.45, 7) is 1.61. The Hall–Kier alpha value is -1.65. The van der Waals surface area contributed by atoms with Crippen molar-refractivity contribution >= 4 is 34.0 Å². The highest BCUT2D eigenvalue weighted by molar-refractivity contribution is 7.87. The molecule has 5 heteroatoms. The van der Waals surface area contributed by atoms with E-state index in [1.54, 1.807) is 43.3 Å². The van der Waals surface area contributed by atoms with Crippen molar-refractivity contribution in [2.45, 2.75) is 16.6 Å². The van der Waals surface area contributed by atoms with Gasteiger partial charge in [0.15, 0.2) is 0 Å². The molecule has 0 aliphatic rings. The standard InChI is InChI=1S/C16H16ClNO2S/c1-16(12-17,21(20)14-10-6-3-7-11-14)15(19)18-13-8-4-2-5-9-13/h2-11H,12H2,1H3,(H,18,19). The third-order valence-electron chi connectivity index (χ3n) is 3.13. The zero-order valence-corrected chi connectivity index (χ0v) is 13.2. The Balaban J connectivity index is 2.24. The number of hydrogen-bond donors (Lipinski definition) is 1. The zero-order chi connectivity index (χ0) is 15.3. The first kappa shape index (κ1) is 15.7. The molecule has 0 saturated carbocycles. The summed E-state index contributed by atoms with van der Waals surface area (Å²) >= 11 is 5.96. The predicted molar refractivity (Wildman–Crippen MR) is 87.0 cm³/mol. The van der Waals surface area contributed by atoms with Gasteiger partial charge in [0.05, 0.1) is 10.8 Å². The van der Waals surface area contributed by atoms with Crippen molar-refractivity contribution in [2.75, 3.05) is 11.2 Å². The van der Waals surface area contributed by atoms with Crippen LogP contribution in [-0.2, 0) is 15.6 Å². The summed E-state index contributed by atoms with van der Waals surface area (Å²) in [4.78, 5) is 13.1. The van der Waals surface area contributed by atoms with Gasteiger partial charge in [-0.25, -0.2) is 0 Å². The fraction of sp³-hybridized carbons (Fsp3) is 0.188. The quantitative estimate of drug-likeness (QED) is 0.858. The highest BCUT2D eigenvalue weighted by Gasteiger charge is 2.40. The molecule has 0 fully saturated rings. The summed E-state index contributed by atoms with van der Waals surface area (Å²) in [5.74, 6) is -0.390. The molecule has 1 amide bonds. The van der Waals surface area contributed by atoms with E-state index >= 15 is 0 Å². The Labute approximate surface area is 131 Å². The Kier molecular flexibility index (Phi) is 5.15. The highest BCUT2D eigenvalue weighted by atomic mass is 35.5. The van der Waals surface area contributed by atoms with Crippen LogP contribution in [0.15, 0.2) is 65.6 Å². The number of anilines is 1. The number of carbonyl (C=O) groups is 1. The minimum atomic E-state index is -1.53. The van der Waals surface area contributed by atoms with Gasteiger partial charge in [-0.15, -0.1) is 11.6 Å². The molecular weight excluding hydrogens is 306 g/mol. The number of halogens is 1. The first-order chi connectivity index (χ1) is 10.1. The van der Waals surface area contributed by atoms with Crippen molar-refractivity contribution in [1.82, 2.24) is 0 Å². The fourth-order valence-electron chi connectivity index (χ4n) is 1.78. The number of alkyl halides is 1. The van der Waals surface area contributed by atoms with Crippen LogP contribution in [0.5, 0.6) is 0 Å². The molecule has 2 unspecified atom stereocenters. The normalized spacial score (nSPS) is 15.0. The fourth-order valence-corrected chi connectivity index (χ4v) is 3.45. The molecule has 0 spiro atoms. The topological polar surface area (TPSA) is 46.2 Å². The molecule has 1 N–H and O–H groups in total. The first-order valence-corrected chi connectivity index (χ1v) is 8.16. The van der Waals surface area contributed by atoms with Crippen LogP contribution < -0.4 is 5.32 Å². The van der Waals surface area contributed by atoms with Crippen LogP contribution in [-0.4, -0.2) is 20.7 Å². The lowest BCUT2D eigenvalue weighted by atomic mass is 10.2. The van der Waals surface area contributed by atoms with E-state index in [9.17, 15) is 9.00 Å². The monoisotopic (exact) mass is 321 g/mol. The van der Waals surface area contributed by atoms with Gasteiger partial charge < -0.3 is 5.32 Å². The molecule has 2 rings (SSSR count). The zero-order valence-electron chi connectivity index (χ0n) is 11.6. The lowest BCUT2D eigenvalue weighted by Gasteiger charge is -2.25. The number of carbonyl (C=O) groups excluding carboxylic acids is 1. The Morgan fingerprint density at radius 1 is 1.10 bits per heavy atom. The van der Waals surface area contributed by atoms with E-state index < -0.39 is 15.5 Å². The number of amides is 1. The van der Waals surface area contributed by atoms with Crippen LogP contribution in [0.3, 0.4) is 0 Å². The van der Waals surface area contributed by atoms with Crippen LogP contribution in [0.4, 0.5) is 5.69 Å². The van der Waals surface area contributed by atoms with Gasteiger partial charge in [-0.05, 0) is 31.2 Å². The second-order valence-electron chi connectivity index (χ2n) is 4.77. The Bertz CT molecular complexity index is 633. The predicted octanol–water partition coefficient (Wildman–Crippen LogP) is 3.43. The number of hydrogen-bond acceptors (Lipinski definition) is 2. The Morgan fingerprint density at radius 2 is 1.62 bits per heavy atom. The molecular formula is C16H16ClNO2S. The molecule has 0 heterocycles. The summed E-state index contributed by atoms with van der Waals surface area (Å²) in [7, 11) is -1.53. The number of para-hydroxylation sites is 1. The third kappa shape index (κ3) is 3.52. The van der Waals surface area contributed by atoms with Gasteiger partial charge in [0.25, 0.3) is 0 Å². The van der Waals surface area contributed by atoms with Crippen LogP contribution in [0, 0.1) is 0 Å². The van der Waals surface area contributed by atoms with E-state index in [-0.39, 0.29) is 11.8 Å². The van der Waals surface area contributed by atoms with Gasteiger partial charge >= 0.3 is 0 Å². The van der Waals surface area contributed by atoms with Gasteiger partial charge in [0.2, 0.25) is 5.91 Å². The number of rotatable bonds is 5. The van der Waals surface area contributed by atoms with Gasteiger partial charge in [-0.1, -0.05) is 36.4 Å². The van der Waals surface area contributed by atoms with Crippen LogP contribution in [0.1, 0.15) is 6.92 Å². The van der Waals surface area contributed by atoms with Crippen molar-refractivity contribution in [3.8, 4) is 0 Å². The molecule has 0 aromatic heterocycles. The molecule has 0 aliphatic carbocycles. The number of nitrogens with one attached hydrogen (secondary N) is 1. The van der Waals surface area contributed by atoms with Crippen molar-refractivity contribution in [2.24, 2.45) is 0 Å². The van der Waals surface area contributed by atoms with Gasteiger partial charge in [-0.3, -0.25) is 9.00 Å². The average molecular weight is 322 g/mol. The largest absolute Gasteiger partial charge is 0.325 e. The molecule has 2 atom stereocenters. The van der Waals surface area contributed by atoms with Crippen molar-refractivity contribution < 1.29 is 9.00 Å². The van der Waals surface area contributed by atoms with E-state index in [1.807, 2.05) is 24.3 Å². The van der Waals surface area contributed by atoms with Gasteiger partial charge in [-0.2, -0.15) is 0 Å². The minimum Gasteiger partial charge on any atom is -0.325 e. The summed E-state index contributed by atoms with van der Waals surface area (Å²) in [5.41, 5.74) is 0.656. The second kappa shape index (κ2) is 6.87. The molecule has 21 heavy (non-hydrogen) atoms. The van der Waals surface area contributed by atoms with Crippen LogP contribution in [0.25, 0.3) is 0 Å². The lowest BCUT2D eigenvalue weighted by molar-refractivity contribution is -0.117. The molecule has 2 aromatic rings. The average Bonchev–Trinajstić information content (AvgIpc) is 2.55. The Morgan fingerprint density at radius 3 is 2.14 bits per heavy atom. The lowest BCUT2D eigenvalue weighted by Crippen LogP contribution is -2.45. The maximum absolute atomic E-state index is 12.7. The summed E-state index contributed by atoms with van der Waals surface area (Å²) < 4.78 is 11.5. The van der Waals surface area contributed by atoms with E-state index in [0.29, 0.717) is 10.6 Å². The molecule has 3 nitrogen and oxygen atoms in total. The van der Waals surface area contributed by atoms with Gasteiger partial charge in [0.1, 0.15) is 4.75 Å². The van der Waals surface area contributed by atoms with E-state index in [1.165, 1.54) is 0 Å². The molecule has 0 radical (unpaired) electrons. The molecule has 2 aromatic carbocycles. The molecule has 0 aliphatic heterocycles. The van der Waals surface area contributed by atoms with Crippen molar-refractivity contribution in [3.63, 3.8) is 0 Å². The van der Waals surface area contributed by atoms with E-state index in [2.05, 4.69) is 5.32 Å². The second-order valence-corrected chi connectivity index (χ2v) is 6.94. The molecule has 0 saturated heterocycles. The van der Waals surface area contributed by atoms with Crippen LogP contribution >= 0.6 is 11.6 Å². The van der Waals surface area contributed by atoms with Crippen LogP contribution in [0.2, 0.25) is 0 Å². The van der Waals surface area contributed by atoms with E-state index in [0.717, 1.165) is 0 Å². The number of benzene rings is 2. The maximum atomic E-state index is 12.7. The first-order valence-electron chi connectivity index (χ1n) is 6.47. The van der Waals surface area contributed by atoms with Crippen molar-refractivity contribution in [1.29, 1.82) is 0 Å². The summed E-state index contributed by atoms with van der Waals surface area (Å²) in [6.07, 6.45) is 0. The SMILES string of the molecule is CC(CCl)(C(=O)Nc1ccccc1)S(=O)c1ccccc1. The third-order valence-corrected chi connectivity index (χ3v) is 5.67.